The van der Waals surface area contributed by atoms with E-state index >= 15 is 0 Å². The quantitative estimate of drug-likeness (QED) is 0.231. The molecular weight excluding hydrogens is 517 g/mol. The van der Waals surface area contributed by atoms with Gasteiger partial charge in [-0.3, -0.25) is 4.79 Å². The Balaban J connectivity index is 1.44. The van der Waals surface area contributed by atoms with Crippen molar-refractivity contribution in [3.8, 4) is 22.1 Å². The number of thiazole rings is 1. The van der Waals surface area contributed by atoms with Crippen molar-refractivity contribution in [2.75, 3.05) is 11.1 Å². The molecule has 0 saturated heterocycles. The number of nitrogens with zero attached hydrogens (tertiary/aromatic N) is 4. The van der Waals surface area contributed by atoms with E-state index in [1.807, 2.05) is 42.8 Å². The van der Waals surface area contributed by atoms with Gasteiger partial charge in [-0.15, -0.1) is 11.3 Å². The first-order chi connectivity index (χ1) is 17.4. The first-order valence-corrected chi connectivity index (χ1v) is 12.4. The number of anilines is 3. The smallest absolute Gasteiger partial charge is 0.261 e. The summed E-state index contributed by atoms with van der Waals surface area (Å²) < 4.78 is 1.79. The second-order valence-electron chi connectivity index (χ2n) is 8.12. The molecule has 0 amide bonds. The fraction of sp³-hybridized carbons (Fsp3) is 0.0400. The number of nitrogens with one attached hydrogen (secondary N) is 2. The summed E-state index contributed by atoms with van der Waals surface area (Å²) >= 11 is 14.1. The molecule has 0 fully saturated rings. The number of aryl methyl sites for hydroxylation is 1. The van der Waals surface area contributed by atoms with Gasteiger partial charge >= 0.3 is 0 Å². The maximum atomic E-state index is 13.3. The van der Waals surface area contributed by atoms with Gasteiger partial charge in [0, 0.05) is 23.7 Å². The van der Waals surface area contributed by atoms with Crippen molar-refractivity contribution in [1.29, 1.82) is 0 Å². The summed E-state index contributed by atoms with van der Waals surface area (Å²) in [6, 6.07) is 16.3. The molecule has 0 aliphatic rings. The number of benzene rings is 3. The zero-order chi connectivity index (χ0) is 25.0. The summed E-state index contributed by atoms with van der Waals surface area (Å²) in [7, 11) is 1.81. The van der Waals surface area contributed by atoms with Crippen molar-refractivity contribution >= 4 is 73.8 Å². The van der Waals surface area contributed by atoms with Gasteiger partial charge in [0.15, 0.2) is 5.82 Å². The molecule has 8 nitrogen and oxygen atoms in total. The van der Waals surface area contributed by atoms with Crippen LogP contribution in [0.15, 0.2) is 64.8 Å². The average molecular weight is 534 g/mol. The lowest BCUT2D eigenvalue weighted by molar-refractivity contribution is 0.960. The molecular formula is C25H17Cl2N7OS. The van der Waals surface area contributed by atoms with Gasteiger partial charge in [0.1, 0.15) is 10.7 Å². The molecule has 0 saturated carbocycles. The molecule has 6 aromatic rings. The van der Waals surface area contributed by atoms with E-state index in [4.69, 9.17) is 33.9 Å². The van der Waals surface area contributed by atoms with Crippen molar-refractivity contribution in [2.45, 2.75) is 0 Å². The first-order valence-electron chi connectivity index (χ1n) is 10.8. The first kappa shape index (κ1) is 22.5. The number of fused-ring (bicyclic) bond motifs is 3. The Morgan fingerprint density at radius 1 is 1.00 bits per heavy atom. The molecule has 3 heterocycles. The van der Waals surface area contributed by atoms with Gasteiger partial charge in [0.2, 0.25) is 5.95 Å². The SMILES string of the molecule is Cn1c(Nc2c(Cl)cccc2Cl)nc2ccc3nc(-c4csc(-c5cccc(N)c5)n4)[nH]c(=O)c3c21. The zero-order valence-electron chi connectivity index (χ0n) is 18.7. The summed E-state index contributed by atoms with van der Waals surface area (Å²) in [6.45, 7) is 0. The molecule has 0 atom stereocenters. The van der Waals surface area contributed by atoms with Gasteiger partial charge in [-0.2, -0.15) is 0 Å². The van der Waals surface area contributed by atoms with Gasteiger partial charge in [-0.05, 0) is 36.4 Å². The molecule has 0 radical (unpaired) electrons. The van der Waals surface area contributed by atoms with Gasteiger partial charge in [-0.25, -0.2) is 15.0 Å². The summed E-state index contributed by atoms with van der Waals surface area (Å²) in [6.07, 6.45) is 0. The highest BCUT2D eigenvalue weighted by molar-refractivity contribution is 7.13. The fourth-order valence-corrected chi connectivity index (χ4v) is 5.37. The van der Waals surface area contributed by atoms with E-state index in [2.05, 4.69) is 20.3 Å². The number of para-hydroxylation sites is 1. The third-order valence-electron chi connectivity index (χ3n) is 5.79. The van der Waals surface area contributed by atoms with E-state index < -0.39 is 0 Å². The lowest BCUT2D eigenvalue weighted by Crippen LogP contribution is -2.11. The number of hydrogen-bond donors (Lipinski definition) is 3. The minimum Gasteiger partial charge on any atom is -0.399 e. The molecule has 36 heavy (non-hydrogen) atoms. The van der Waals surface area contributed by atoms with Gasteiger partial charge in [0.05, 0.1) is 37.7 Å². The second kappa shape index (κ2) is 8.63. The Kier molecular flexibility index (Phi) is 5.40. The van der Waals surface area contributed by atoms with Gasteiger partial charge < -0.3 is 20.6 Å². The minimum atomic E-state index is -0.288. The summed E-state index contributed by atoms with van der Waals surface area (Å²) in [4.78, 5) is 30.2. The van der Waals surface area contributed by atoms with Crippen molar-refractivity contribution in [1.82, 2.24) is 24.5 Å². The van der Waals surface area contributed by atoms with Crippen LogP contribution in [-0.2, 0) is 7.05 Å². The van der Waals surface area contributed by atoms with Crippen LogP contribution in [0, 0.1) is 0 Å². The lowest BCUT2D eigenvalue weighted by atomic mass is 10.2. The fourth-order valence-electron chi connectivity index (χ4n) is 4.08. The maximum absolute atomic E-state index is 13.3. The van der Waals surface area contributed by atoms with Crippen molar-refractivity contribution in [3.63, 3.8) is 0 Å². The molecule has 3 aromatic heterocycles. The molecule has 3 aromatic carbocycles. The van der Waals surface area contributed by atoms with E-state index in [1.54, 1.807) is 28.8 Å². The zero-order valence-corrected chi connectivity index (χ0v) is 21.0. The summed E-state index contributed by atoms with van der Waals surface area (Å²) in [5.74, 6) is 0.879. The Morgan fingerprint density at radius 2 is 1.75 bits per heavy atom. The number of nitrogen functional groups attached to an aromatic ring is 1. The van der Waals surface area contributed by atoms with E-state index in [1.165, 1.54) is 11.3 Å². The molecule has 0 aliphatic heterocycles. The number of nitrogens with two attached hydrogens (primary N) is 1. The van der Waals surface area contributed by atoms with Crippen LogP contribution in [0.25, 0.3) is 44.0 Å². The number of aromatic amines is 1. The Labute approximate surface area is 218 Å². The lowest BCUT2D eigenvalue weighted by Gasteiger charge is -2.10. The number of rotatable bonds is 4. The Hall–Kier alpha value is -3.92. The third-order valence-corrected chi connectivity index (χ3v) is 7.31. The van der Waals surface area contributed by atoms with Crippen LogP contribution in [-0.4, -0.2) is 24.5 Å². The molecule has 6 rings (SSSR count). The van der Waals surface area contributed by atoms with Crippen LogP contribution in [0.3, 0.4) is 0 Å². The number of hydrogen-bond acceptors (Lipinski definition) is 7. The second-order valence-corrected chi connectivity index (χ2v) is 9.79. The molecule has 4 N–H and O–H groups in total. The van der Waals surface area contributed by atoms with Gasteiger partial charge in [-0.1, -0.05) is 41.4 Å². The Morgan fingerprint density at radius 3 is 2.53 bits per heavy atom. The van der Waals surface area contributed by atoms with Crippen LogP contribution in [0.1, 0.15) is 0 Å². The minimum absolute atomic E-state index is 0.288. The molecule has 0 unspecified atom stereocenters. The van der Waals surface area contributed by atoms with Crippen molar-refractivity contribution in [3.05, 3.63) is 80.4 Å². The van der Waals surface area contributed by atoms with Crippen LogP contribution in [0.2, 0.25) is 10.0 Å². The van der Waals surface area contributed by atoms with Gasteiger partial charge in [0.25, 0.3) is 5.56 Å². The van der Waals surface area contributed by atoms with Crippen molar-refractivity contribution < 1.29 is 0 Å². The van der Waals surface area contributed by atoms with E-state index in [9.17, 15) is 4.79 Å². The van der Waals surface area contributed by atoms with Crippen LogP contribution < -0.4 is 16.6 Å². The summed E-state index contributed by atoms with van der Waals surface area (Å²) in [5, 5.41) is 7.18. The van der Waals surface area contributed by atoms with Crippen LogP contribution in [0.4, 0.5) is 17.3 Å². The predicted octanol–water partition coefficient (Wildman–Crippen LogP) is 6.23. The highest BCUT2D eigenvalue weighted by atomic mass is 35.5. The maximum Gasteiger partial charge on any atom is 0.261 e. The number of aromatic nitrogens is 5. The molecule has 0 bridgehead atoms. The normalized spacial score (nSPS) is 11.4. The highest BCUT2D eigenvalue weighted by Gasteiger charge is 2.18. The molecule has 11 heteroatoms. The number of H-pyrrole nitrogens is 1. The predicted molar refractivity (Wildman–Crippen MR) is 147 cm³/mol. The van der Waals surface area contributed by atoms with Crippen LogP contribution >= 0.6 is 34.5 Å². The monoisotopic (exact) mass is 533 g/mol. The highest BCUT2D eigenvalue weighted by Crippen LogP contribution is 2.34. The van der Waals surface area contributed by atoms with Crippen molar-refractivity contribution in [2.24, 2.45) is 7.05 Å². The largest absolute Gasteiger partial charge is 0.399 e. The van der Waals surface area contributed by atoms with E-state index in [-0.39, 0.29) is 5.56 Å². The van der Waals surface area contributed by atoms with E-state index in [0.717, 1.165) is 10.6 Å². The molecule has 0 aliphatic carbocycles. The standard InChI is InChI=1S/C25H17Cl2N7OS/c1-34-21-17(31-25(34)32-20-14(26)6-3-7-15(20)27)9-8-16-19(21)23(35)33-22(29-16)18-11-36-24(30-18)12-4-2-5-13(28)10-12/h2-11H,28H2,1H3,(H,31,32)(H,29,33,35). The average Bonchev–Trinajstić information content (AvgIpc) is 3.47. The number of halogens is 2. The molecule has 178 valence electrons. The third kappa shape index (κ3) is 3.78. The van der Waals surface area contributed by atoms with E-state index in [0.29, 0.717) is 60.8 Å². The number of imidazole rings is 1. The molecule has 0 spiro atoms. The van der Waals surface area contributed by atoms with Crippen LogP contribution in [0.5, 0.6) is 0 Å². The summed E-state index contributed by atoms with van der Waals surface area (Å²) in [5.41, 5.74) is 10.1. The Bertz CT molecular complexity index is 1840. The topological polar surface area (TPSA) is 115 Å².